The Morgan fingerprint density at radius 3 is 3.12 bits per heavy atom. The van der Waals surface area contributed by atoms with Gasteiger partial charge in [-0.15, -0.1) is 0 Å². The lowest BCUT2D eigenvalue weighted by atomic mass is 10.0. The fourth-order valence-corrected chi connectivity index (χ4v) is 3.08. The topological polar surface area (TPSA) is 79.6 Å². The fourth-order valence-electron chi connectivity index (χ4n) is 3.08. The number of aromatic nitrogens is 2. The predicted octanol–water partition coefficient (Wildman–Crippen LogP) is 1.94. The van der Waals surface area contributed by atoms with Crippen molar-refractivity contribution < 1.29 is 14.6 Å². The lowest BCUT2D eigenvalue weighted by Crippen LogP contribution is -2.49. The molecule has 7 nitrogen and oxygen atoms in total. The van der Waals surface area contributed by atoms with Crippen LogP contribution in [0.2, 0.25) is 0 Å². The molecule has 0 saturated carbocycles. The van der Waals surface area contributed by atoms with Crippen molar-refractivity contribution in [3.05, 3.63) is 42.2 Å². The number of aliphatic hydroxyl groups is 1. The van der Waals surface area contributed by atoms with E-state index in [4.69, 9.17) is 4.74 Å². The van der Waals surface area contributed by atoms with E-state index in [9.17, 15) is 9.90 Å². The molecule has 0 spiro atoms. The first-order valence-corrected chi connectivity index (χ1v) is 8.54. The highest BCUT2D eigenvalue weighted by atomic mass is 16.5. The summed E-state index contributed by atoms with van der Waals surface area (Å²) in [5.74, 6) is 0.767. The largest absolute Gasteiger partial charge is 0.497 e. The third-order valence-electron chi connectivity index (χ3n) is 4.50. The molecule has 2 N–H and O–H groups in total. The molecular formula is C18H24N4O3. The Kier molecular flexibility index (Phi) is 5.55. The van der Waals surface area contributed by atoms with Gasteiger partial charge in [0.2, 0.25) is 0 Å². The Bertz CT molecular complexity index is 716. The second-order valence-corrected chi connectivity index (χ2v) is 6.18. The number of likely N-dealkylation sites (tertiary alicyclic amines) is 1. The van der Waals surface area contributed by atoms with Crippen molar-refractivity contribution in [1.82, 2.24) is 20.0 Å². The van der Waals surface area contributed by atoms with Crippen LogP contribution in [0.3, 0.4) is 0 Å². The normalized spacial score (nSPS) is 17.4. The van der Waals surface area contributed by atoms with Crippen molar-refractivity contribution in [2.24, 2.45) is 0 Å². The van der Waals surface area contributed by atoms with Gasteiger partial charge < -0.3 is 20.1 Å². The number of benzene rings is 1. The number of piperidine rings is 1. The lowest BCUT2D eigenvalue weighted by molar-refractivity contribution is 0.108. The molecule has 0 bridgehead atoms. The van der Waals surface area contributed by atoms with Crippen molar-refractivity contribution in [2.45, 2.75) is 31.8 Å². The first-order valence-electron chi connectivity index (χ1n) is 8.54. The van der Waals surface area contributed by atoms with Crippen molar-refractivity contribution in [3.63, 3.8) is 0 Å². The second-order valence-electron chi connectivity index (χ2n) is 6.18. The number of carbonyl (C=O) groups is 1. The van der Waals surface area contributed by atoms with Crippen LogP contribution in [-0.2, 0) is 6.54 Å². The number of amides is 2. The molecule has 1 atom stereocenters. The molecule has 0 unspecified atom stereocenters. The molecule has 1 aliphatic rings. The van der Waals surface area contributed by atoms with Gasteiger partial charge in [-0.3, -0.25) is 0 Å². The van der Waals surface area contributed by atoms with Gasteiger partial charge in [0.25, 0.3) is 0 Å². The van der Waals surface area contributed by atoms with Crippen LogP contribution in [-0.4, -0.2) is 52.1 Å². The van der Waals surface area contributed by atoms with E-state index in [0.717, 1.165) is 36.3 Å². The third kappa shape index (κ3) is 4.11. The SMILES string of the molecule is COc1cccc(-n2cc(CNC(=O)N3CCCC[C@@H]3CO)cn2)c1. The minimum atomic E-state index is -0.132. The Morgan fingerprint density at radius 2 is 2.32 bits per heavy atom. The Labute approximate surface area is 147 Å². The molecule has 1 aliphatic heterocycles. The number of aliphatic hydroxyl groups excluding tert-OH is 1. The van der Waals surface area contributed by atoms with Crippen molar-refractivity contribution in [1.29, 1.82) is 0 Å². The van der Waals surface area contributed by atoms with E-state index in [0.29, 0.717) is 13.1 Å². The van der Waals surface area contributed by atoms with E-state index in [-0.39, 0.29) is 18.7 Å². The number of nitrogens with zero attached hydrogens (tertiary/aromatic N) is 3. The zero-order valence-electron chi connectivity index (χ0n) is 14.4. The minimum Gasteiger partial charge on any atom is -0.497 e. The van der Waals surface area contributed by atoms with Crippen LogP contribution in [0.25, 0.3) is 5.69 Å². The Hall–Kier alpha value is -2.54. The van der Waals surface area contributed by atoms with Crippen LogP contribution in [0.4, 0.5) is 4.79 Å². The van der Waals surface area contributed by atoms with Crippen molar-refractivity contribution in [2.75, 3.05) is 20.3 Å². The van der Waals surface area contributed by atoms with Gasteiger partial charge >= 0.3 is 6.03 Å². The summed E-state index contributed by atoms with van der Waals surface area (Å²) in [6.07, 6.45) is 6.52. The summed E-state index contributed by atoms with van der Waals surface area (Å²) in [6.45, 7) is 1.11. The molecule has 1 aromatic carbocycles. The van der Waals surface area contributed by atoms with Gasteiger partial charge in [-0.05, 0) is 31.4 Å². The Balaban J connectivity index is 1.60. The zero-order chi connectivity index (χ0) is 17.6. The molecule has 7 heteroatoms. The van der Waals surface area contributed by atoms with Gasteiger partial charge in [-0.1, -0.05) is 6.07 Å². The summed E-state index contributed by atoms with van der Waals surface area (Å²) in [4.78, 5) is 14.1. The van der Waals surface area contributed by atoms with Gasteiger partial charge in [0.15, 0.2) is 0 Å². The highest BCUT2D eigenvalue weighted by Crippen LogP contribution is 2.18. The van der Waals surface area contributed by atoms with Gasteiger partial charge in [0, 0.05) is 30.9 Å². The zero-order valence-corrected chi connectivity index (χ0v) is 14.4. The number of carbonyl (C=O) groups excluding carboxylic acids is 1. The number of urea groups is 1. The summed E-state index contributed by atoms with van der Waals surface area (Å²) in [5.41, 5.74) is 1.81. The maximum Gasteiger partial charge on any atom is 0.317 e. The van der Waals surface area contributed by atoms with Crippen LogP contribution >= 0.6 is 0 Å². The second kappa shape index (κ2) is 8.02. The standard InChI is InChI=1S/C18H24N4O3/c1-25-17-7-4-6-15(9-17)22-12-14(11-20-22)10-19-18(24)21-8-3-2-5-16(21)13-23/h4,6-7,9,11-12,16,23H,2-3,5,8,10,13H2,1H3,(H,19,24)/t16-/m1/s1. The van der Waals surface area contributed by atoms with Crippen LogP contribution in [0, 0.1) is 0 Å². The summed E-state index contributed by atoms with van der Waals surface area (Å²) in [7, 11) is 1.63. The van der Waals surface area contributed by atoms with Crippen LogP contribution < -0.4 is 10.1 Å². The monoisotopic (exact) mass is 344 g/mol. The summed E-state index contributed by atoms with van der Waals surface area (Å²) < 4.78 is 6.98. The molecule has 1 fully saturated rings. The van der Waals surface area contributed by atoms with E-state index in [1.165, 1.54) is 0 Å². The highest BCUT2D eigenvalue weighted by molar-refractivity contribution is 5.74. The molecule has 0 aliphatic carbocycles. The number of methoxy groups -OCH3 is 1. The smallest absolute Gasteiger partial charge is 0.317 e. The van der Waals surface area contributed by atoms with Gasteiger partial charge in [0.05, 0.1) is 31.6 Å². The van der Waals surface area contributed by atoms with E-state index in [1.54, 1.807) is 22.9 Å². The van der Waals surface area contributed by atoms with Gasteiger partial charge in [-0.2, -0.15) is 5.10 Å². The number of ether oxygens (including phenoxy) is 1. The molecule has 1 saturated heterocycles. The quantitative estimate of drug-likeness (QED) is 0.869. The van der Waals surface area contributed by atoms with Gasteiger partial charge in [0.1, 0.15) is 5.75 Å². The third-order valence-corrected chi connectivity index (χ3v) is 4.50. The molecule has 25 heavy (non-hydrogen) atoms. The molecule has 134 valence electrons. The Morgan fingerprint density at radius 1 is 1.44 bits per heavy atom. The van der Waals surface area contributed by atoms with E-state index in [2.05, 4.69) is 10.4 Å². The first-order chi connectivity index (χ1) is 12.2. The van der Waals surface area contributed by atoms with Crippen molar-refractivity contribution >= 4 is 6.03 Å². The maximum atomic E-state index is 12.4. The summed E-state index contributed by atoms with van der Waals surface area (Å²) in [6, 6.07) is 7.42. The molecule has 0 radical (unpaired) electrons. The van der Waals surface area contributed by atoms with E-state index >= 15 is 0 Å². The minimum absolute atomic E-state index is 0.0151. The molecule has 2 aromatic rings. The number of hydrogen-bond acceptors (Lipinski definition) is 4. The van der Waals surface area contributed by atoms with E-state index < -0.39 is 0 Å². The summed E-state index contributed by atoms with van der Waals surface area (Å²) in [5, 5.41) is 16.7. The fraction of sp³-hybridized carbons (Fsp3) is 0.444. The molecule has 2 amide bonds. The van der Waals surface area contributed by atoms with Gasteiger partial charge in [-0.25, -0.2) is 9.48 Å². The van der Waals surface area contributed by atoms with Crippen molar-refractivity contribution in [3.8, 4) is 11.4 Å². The predicted molar refractivity (Wildman–Crippen MR) is 93.8 cm³/mol. The molecule has 2 heterocycles. The maximum absolute atomic E-state index is 12.4. The van der Waals surface area contributed by atoms with Crippen LogP contribution in [0.5, 0.6) is 5.75 Å². The molecule has 3 rings (SSSR count). The highest BCUT2D eigenvalue weighted by Gasteiger charge is 2.25. The number of nitrogens with one attached hydrogen (secondary N) is 1. The van der Waals surface area contributed by atoms with Crippen LogP contribution in [0.15, 0.2) is 36.7 Å². The molecular weight excluding hydrogens is 320 g/mol. The van der Waals surface area contributed by atoms with Crippen LogP contribution in [0.1, 0.15) is 24.8 Å². The average Bonchev–Trinajstić information content (AvgIpc) is 3.15. The number of rotatable bonds is 5. The number of hydrogen-bond donors (Lipinski definition) is 2. The average molecular weight is 344 g/mol. The van der Waals surface area contributed by atoms with E-state index in [1.807, 2.05) is 30.5 Å². The molecule has 1 aromatic heterocycles. The summed E-state index contributed by atoms with van der Waals surface area (Å²) >= 11 is 0. The lowest BCUT2D eigenvalue weighted by Gasteiger charge is -2.34. The first kappa shape index (κ1) is 17.3.